The van der Waals surface area contributed by atoms with Crippen molar-refractivity contribution in [3.63, 3.8) is 0 Å². The van der Waals surface area contributed by atoms with Crippen LogP contribution in [0.2, 0.25) is 0 Å². The highest BCUT2D eigenvalue weighted by molar-refractivity contribution is 9.10. The monoisotopic (exact) mass is 357 g/mol. The van der Waals surface area contributed by atoms with Gasteiger partial charge in [-0.15, -0.1) is 0 Å². The van der Waals surface area contributed by atoms with E-state index in [0.29, 0.717) is 6.61 Å². The van der Waals surface area contributed by atoms with Gasteiger partial charge in [-0.25, -0.2) is 0 Å². The van der Waals surface area contributed by atoms with E-state index in [2.05, 4.69) is 27.3 Å². The molecule has 0 bridgehead atoms. The summed E-state index contributed by atoms with van der Waals surface area (Å²) in [6, 6.07) is 4.10. The second kappa shape index (κ2) is 8.61. The summed E-state index contributed by atoms with van der Waals surface area (Å²) in [7, 11) is 3.38. The normalized spacial score (nSPS) is 14.2. The van der Waals surface area contributed by atoms with Crippen molar-refractivity contribution in [1.29, 1.82) is 0 Å². The molecule has 0 amide bonds. The Bertz CT molecular complexity index is 449. The lowest BCUT2D eigenvalue weighted by Crippen LogP contribution is -2.18. The molecule has 1 saturated carbocycles. The van der Waals surface area contributed by atoms with Crippen LogP contribution in [0, 0.1) is 5.92 Å². The molecule has 0 unspecified atom stereocenters. The van der Waals surface area contributed by atoms with E-state index in [1.165, 1.54) is 12.8 Å². The molecular weight excluding hydrogens is 334 g/mol. The first-order valence-electron chi connectivity index (χ1n) is 7.43. The summed E-state index contributed by atoms with van der Waals surface area (Å²) < 4.78 is 17.3. The van der Waals surface area contributed by atoms with Crippen LogP contribution in [0.5, 0.6) is 11.5 Å². The Labute approximate surface area is 135 Å². The predicted molar refractivity (Wildman–Crippen MR) is 87.1 cm³/mol. The lowest BCUT2D eigenvalue weighted by molar-refractivity contribution is 0.199. The smallest absolute Gasteiger partial charge is 0.175 e. The fourth-order valence-electron chi connectivity index (χ4n) is 2.16. The van der Waals surface area contributed by atoms with Crippen LogP contribution in [0.4, 0.5) is 0 Å². The van der Waals surface area contributed by atoms with Crippen LogP contribution in [0.3, 0.4) is 0 Å². The number of benzene rings is 1. The Morgan fingerprint density at radius 1 is 1.24 bits per heavy atom. The van der Waals surface area contributed by atoms with Crippen molar-refractivity contribution in [3.05, 3.63) is 22.2 Å². The second-order valence-electron chi connectivity index (χ2n) is 5.36. The highest BCUT2D eigenvalue weighted by atomic mass is 79.9. The third-order valence-corrected chi connectivity index (χ3v) is 4.16. The van der Waals surface area contributed by atoms with Crippen molar-refractivity contribution in [2.24, 2.45) is 5.92 Å². The van der Waals surface area contributed by atoms with Gasteiger partial charge in [-0.2, -0.15) is 0 Å². The zero-order chi connectivity index (χ0) is 15.1. The lowest BCUT2D eigenvalue weighted by atomic mass is 10.2. The molecule has 21 heavy (non-hydrogen) atoms. The van der Waals surface area contributed by atoms with Gasteiger partial charge in [-0.1, -0.05) is 12.8 Å². The highest BCUT2D eigenvalue weighted by Crippen LogP contribution is 2.38. The van der Waals surface area contributed by atoms with Crippen LogP contribution >= 0.6 is 15.9 Å². The summed E-state index contributed by atoms with van der Waals surface area (Å²) in [6.45, 7) is 3.07. The molecule has 1 aromatic rings. The number of halogens is 1. The first-order valence-corrected chi connectivity index (χ1v) is 8.22. The average molecular weight is 358 g/mol. The molecule has 0 aromatic heterocycles. The Morgan fingerprint density at radius 2 is 2.05 bits per heavy atom. The van der Waals surface area contributed by atoms with Crippen LogP contribution in [-0.2, 0) is 11.3 Å². The van der Waals surface area contributed by atoms with Crippen molar-refractivity contribution < 1.29 is 14.2 Å². The van der Waals surface area contributed by atoms with Gasteiger partial charge in [0.25, 0.3) is 0 Å². The Balaban J connectivity index is 1.92. The topological polar surface area (TPSA) is 39.7 Å². The maximum atomic E-state index is 5.90. The van der Waals surface area contributed by atoms with E-state index in [1.54, 1.807) is 14.2 Å². The molecule has 4 nitrogen and oxygen atoms in total. The number of nitrogens with one attached hydrogen (secondary N) is 1. The molecule has 118 valence electrons. The maximum absolute atomic E-state index is 5.90. The van der Waals surface area contributed by atoms with Gasteiger partial charge in [-0.3, -0.25) is 0 Å². The molecule has 0 aliphatic heterocycles. The second-order valence-corrected chi connectivity index (χ2v) is 6.21. The average Bonchev–Trinajstić information content (AvgIpc) is 3.29. The van der Waals surface area contributed by atoms with E-state index in [0.717, 1.165) is 53.6 Å². The molecule has 0 atom stereocenters. The zero-order valence-electron chi connectivity index (χ0n) is 12.8. The lowest BCUT2D eigenvalue weighted by Gasteiger charge is -2.14. The van der Waals surface area contributed by atoms with Crippen molar-refractivity contribution in [1.82, 2.24) is 5.32 Å². The van der Waals surface area contributed by atoms with Gasteiger partial charge >= 0.3 is 0 Å². The maximum Gasteiger partial charge on any atom is 0.175 e. The van der Waals surface area contributed by atoms with Gasteiger partial charge in [0.2, 0.25) is 0 Å². The van der Waals surface area contributed by atoms with Gasteiger partial charge in [0, 0.05) is 20.2 Å². The largest absolute Gasteiger partial charge is 0.493 e. The fraction of sp³-hybridized carbons (Fsp3) is 0.625. The first kappa shape index (κ1) is 16.6. The van der Waals surface area contributed by atoms with Crippen molar-refractivity contribution in [2.45, 2.75) is 25.8 Å². The van der Waals surface area contributed by atoms with Crippen molar-refractivity contribution in [2.75, 3.05) is 34.0 Å². The third kappa shape index (κ3) is 5.49. The summed E-state index contributed by atoms with van der Waals surface area (Å²) >= 11 is 3.59. The van der Waals surface area contributed by atoms with E-state index < -0.39 is 0 Å². The zero-order valence-corrected chi connectivity index (χ0v) is 14.4. The van der Waals surface area contributed by atoms with Crippen molar-refractivity contribution >= 4 is 15.9 Å². The van der Waals surface area contributed by atoms with Gasteiger partial charge in [0.05, 0.1) is 24.8 Å². The van der Waals surface area contributed by atoms with E-state index in [9.17, 15) is 0 Å². The molecule has 1 aliphatic carbocycles. The molecule has 1 aromatic carbocycles. The molecule has 1 N–H and O–H groups in total. The molecule has 0 spiro atoms. The van der Waals surface area contributed by atoms with Crippen LogP contribution in [0.25, 0.3) is 0 Å². The van der Waals surface area contributed by atoms with Crippen LogP contribution in [0.15, 0.2) is 16.6 Å². The number of hydrogen-bond donors (Lipinski definition) is 1. The molecule has 2 rings (SSSR count). The van der Waals surface area contributed by atoms with Crippen LogP contribution < -0.4 is 14.8 Å². The van der Waals surface area contributed by atoms with E-state index >= 15 is 0 Å². The molecule has 0 heterocycles. The third-order valence-electron chi connectivity index (χ3n) is 3.57. The van der Waals surface area contributed by atoms with Gasteiger partial charge in [-0.05, 0) is 46.0 Å². The highest BCUT2D eigenvalue weighted by Gasteiger charge is 2.21. The summed E-state index contributed by atoms with van der Waals surface area (Å²) in [5.74, 6) is 2.46. The minimum atomic E-state index is 0.709. The number of methoxy groups -OCH3 is 2. The Hall–Kier alpha value is -0.780. The standard InChI is InChI=1S/C16H24BrNO3/c1-19-8-6-18-11-13-9-14(17)16(15(10-13)20-2)21-7-5-12-3-4-12/h9-10,12,18H,3-8,11H2,1-2H3. The fourth-order valence-corrected chi connectivity index (χ4v) is 2.76. The first-order chi connectivity index (χ1) is 10.2. The van der Waals surface area contributed by atoms with Crippen LogP contribution in [0.1, 0.15) is 24.8 Å². The SMILES string of the molecule is COCCNCc1cc(Br)c(OCCC2CC2)c(OC)c1. The quantitative estimate of drug-likeness (QED) is 0.651. The van der Waals surface area contributed by atoms with Gasteiger partial charge in [0.1, 0.15) is 0 Å². The van der Waals surface area contributed by atoms with E-state index in [1.807, 2.05) is 6.07 Å². The Morgan fingerprint density at radius 3 is 2.71 bits per heavy atom. The van der Waals surface area contributed by atoms with Gasteiger partial charge < -0.3 is 19.5 Å². The van der Waals surface area contributed by atoms with Gasteiger partial charge in [0.15, 0.2) is 11.5 Å². The minimum Gasteiger partial charge on any atom is -0.493 e. The summed E-state index contributed by atoms with van der Waals surface area (Å²) in [5.41, 5.74) is 1.16. The summed E-state index contributed by atoms with van der Waals surface area (Å²) in [6.07, 6.45) is 3.84. The molecule has 1 aliphatic rings. The van der Waals surface area contributed by atoms with Crippen molar-refractivity contribution in [3.8, 4) is 11.5 Å². The molecular formula is C16H24BrNO3. The molecule has 0 radical (unpaired) electrons. The van der Waals surface area contributed by atoms with E-state index in [-0.39, 0.29) is 0 Å². The summed E-state index contributed by atoms with van der Waals surface area (Å²) in [4.78, 5) is 0. The minimum absolute atomic E-state index is 0.709. The Kier molecular flexibility index (Phi) is 6.80. The molecule has 1 fully saturated rings. The predicted octanol–water partition coefficient (Wildman–Crippen LogP) is 3.37. The number of ether oxygens (including phenoxy) is 3. The summed E-state index contributed by atoms with van der Waals surface area (Å²) in [5, 5.41) is 3.32. The van der Waals surface area contributed by atoms with E-state index in [4.69, 9.17) is 14.2 Å². The van der Waals surface area contributed by atoms with Crippen LogP contribution in [-0.4, -0.2) is 34.0 Å². The molecule has 5 heteroatoms. The number of rotatable bonds is 10. The molecule has 0 saturated heterocycles. The number of hydrogen-bond acceptors (Lipinski definition) is 4.